The van der Waals surface area contributed by atoms with Crippen LogP contribution in [0.1, 0.15) is 6.85 Å². The van der Waals surface area contributed by atoms with Gasteiger partial charge in [-0.1, -0.05) is 113 Å². The van der Waals surface area contributed by atoms with Gasteiger partial charge in [-0.25, -0.2) is 0 Å². The van der Waals surface area contributed by atoms with Crippen LogP contribution < -0.4 is 0 Å². The summed E-state index contributed by atoms with van der Waals surface area (Å²) in [4.78, 5) is 0. The van der Waals surface area contributed by atoms with Crippen LogP contribution in [0.4, 0.5) is 0 Å². The SMILES string of the molecule is [2H]c1c([2H])c([2H])c(-n2c3ccccc3c3c(-c4ccccc4)c(-c4ccc(Br)cc4)c4sc5ccccc5c4c32)c([2H])c1[2H]. The summed E-state index contributed by atoms with van der Waals surface area (Å²) in [7, 11) is 0. The van der Waals surface area contributed by atoms with Gasteiger partial charge >= 0.3 is 0 Å². The van der Waals surface area contributed by atoms with Crippen molar-refractivity contribution in [3.05, 3.63) is 138 Å². The van der Waals surface area contributed by atoms with E-state index in [1.165, 1.54) is 0 Å². The van der Waals surface area contributed by atoms with Crippen LogP contribution in [0.2, 0.25) is 0 Å². The molecule has 0 aliphatic rings. The molecule has 0 bridgehead atoms. The molecule has 8 aromatic rings. The molecule has 0 amide bonds. The number of nitrogens with zero attached hydrogens (tertiary/aromatic N) is 1. The number of para-hydroxylation sites is 2. The van der Waals surface area contributed by atoms with Gasteiger partial charge in [-0.3, -0.25) is 0 Å². The van der Waals surface area contributed by atoms with Crippen LogP contribution in [-0.4, -0.2) is 4.57 Å². The van der Waals surface area contributed by atoms with Crippen LogP contribution in [0.15, 0.2) is 138 Å². The third-order valence-corrected chi connectivity index (χ3v) is 9.06. The summed E-state index contributed by atoms with van der Waals surface area (Å²) in [6, 6.07) is 33.4. The van der Waals surface area contributed by atoms with Crippen LogP contribution in [0.5, 0.6) is 0 Å². The third-order valence-electron chi connectivity index (χ3n) is 7.34. The second kappa shape index (κ2) is 8.94. The normalized spacial score (nSPS) is 13.5. The maximum absolute atomic E-state index is 9.02. The van der Waals surface area contributed by atoms with Crippen LogP contribution in [0, 0.1) is 0 Å². The highest BCUT2D eigenvalue weighted by Crippen LogP contribution is 2.52. The zero-order valence-corrected chi connectivity index (χ0v) is 23.0. The molecule has 0 aliphatic heterocycles. The maximum atomic E-state index is 9.02. The molecule has 0 spiro atoms. The molecule has 0 fully saturated rings. The Balaban J connectivity index is 1.74. The summed E-state index contributed by atoms with van der Waals surface area (Å²) >= 11 is 5.33. The molecule has 0 atom stereocenters. The molecule has 8 rings (SSSR count). The van der Waals surface area contributed by atoms with E-state index in [1.54, 1.807) is 11.3 Å². The summed E-state index contributed by atoms with van der Waals surface area (Å²) in [5.74, 6) is 0. The molecular weight excluding hydrogens is 558 g/mol. The summed E-state index contributed by atoms with van der Waals surface area (Å²) in [5, 5.41) is 3.99. The lowest BCUT2D eigenvalue weighted by molar-refractivity contribution is 1.19. The van der Waals surface area contributed by atoms with Crippen molar-refractivity contribution in [2.75, 3.05) is 0 Å². The summed E-state index contributed by atoms with van der Waals surface area (Å²) in [6.07, 6.45) is 0. The number of halogens is 1. The molecule has 1 nitrogen and oxygen atoms in total. The molecule has 0 saturated carbocycles. The minimum atomic E-state index is -0.404. The fraction of sp³-hybridized carbons (Fsp3) is 0. The zero-order valence-electron chi connectivity index (χ0n) is 25.5. The second-order valence-electron chi connectivity index (χ2n) is 9.48. The first-order valence-electron chi connectivity index (χ1n) is 15.2. The van der Waals surface area contributed by atoms with E-state index in [4.69, 9.17) is 6.85 Å². The average molecular weight is 586 g/mol. The topological polar surface area (TPSA) is 4.93 Å². The quantitative estimate of drug-likeness (QED) is 0.194. The highest BCUT2D eigenvalue weighted by Gasteiger charge is 2.26. The Hall–Kier alpha value is -4.18. The van der Waals surface area contributed by atoms with Gasteiger partial charge in [-0.15, -0.1) is 11.3 Å². The van der Waals surface area contributed by atoms with Crippen molar-refractivity contribution in [1.82, 2.24) is 4.57 Å². The first-order chi connectivity index (χ1) is 21.4. The average Bonchev–Trinajstić information content (AvgIpc) is 3.60. The highest BCUT2D eigenvalue weighted by atomic mass is 79.9. The van der Waals surface area contributed by atoms with Gasteiger partial charge in [0.2, 0.25) is 0 Å². The Morgan fingerprint density at radius 2 is 1.28 bits per heavy atom. The van der Waals surface area contributed by atoms with Crippen LogP contribution in [0.3, 0.4) is 0 Å². The van der Waals surface area contributed by atoms with E-state index in [0.29, 0.717) is 0 Å². The maximum Gasteiger partial charge on any atom is 0.0645 e. The van der Waals surface area contributed by atoms with Crippen molar-refractivity contribution in [2.24, 2.45) is 0 Å². The van der Waals surface area contributed by atoms with Crippen molar-refractivity contribution in [3.8, 4) is 27.9 Å². The predicted molar refractivity (Wildman–Crippen MR) is 172 cm³/mol. The largest absolute Gasteiger partial charge is 0.309 e. The van der Waals surface area contributed by atoms with Gasteiger partial charge in [-0.2, -0.15) is 0 Å². The predicted octanol–water partition coefficient (Wildman–Crippen LogP) is 11.2. The molecule has 0 radical (unpaired) electrons. The highest BCUT2D eigenvalue weighted by molar-refractivity contribution is 9.10. The minimum Gasteiger partial charge on any atom is -0.309 e. The van der Waals surface area contributed by atoms with Crippen molar-refractivity contribution in [3.63, 3.8) is 0 Å². The number of benzene rings is 6. The van der Waals surface area contributed by atoms with Crippen molar-refractivity contribution in [2.45, 2.75) is 0 Å². The fourth-order valence-corrected chi connectivity index (χ4v) is 7.34. The Morgan fingerprint density at radius 1 is 0.615 bits per heavy atom. The van der Waals surface area contributed by atoms with E-state index < -0.39 is 6.04 Å². The van der Waals surface area contributed by atoms with Gasteiger partial charge < -0.3 is 4.57 Å². The van der Waals surface area contributed by atoms with Gasteiger partial charge in [0.25, 0.3) is 0 Å². The van der Waals surface area contributed by atoms with Gasteiger partial charge in [0, 0.05) is 52.2 Å². The van der Waals surface area contributed by atoms with Gasteiger partial charge in [0.15, 0.2) is 0 Å². The number of thiophene rings is 1. The minimum absolute atomic E-state index is 0.147. The summed E-state index contributed by atoms with van der Waals surface area (Å²) in [6.45, 7) is 0. The Bertz CT molecular complexity index is 2420. The van der Waals surface area contributed by atoms with E-state index in [1.807, 2.05) is 53.1 Å². The summed E-state index contributed by atoms with van der Waals surface area (Å²) < 4.78 is 48.5. The molecule has 0 aliphatic carbocycles. The Labute approximate surface area is 245 Å². The summed E-state index contributed by atoms with van der Waals surface area (Å²) in [5.41, 5.74) is 6.03. The number of rotatable bonds is 3. The standard InChI is InChI=1S/C36H22BrNS/c37-25-21-19-24(20-22-25)32-31(23-11-3-1-4-12-23)33-27-15-7-9-17-29(27)38(26-13-5-2-6-14-26)35(33)34-28-16-8-10-18-30(28)39-36(32)34/h1-22H/i2D,5D,6D,13D,14D. The lowest BCUT2D eigenvalue weighted by Gasteiger charge is -2.16. The van der Waals surface area contributed by atoms with Gasteiger partial charge in [-0.05, 0) is 47.5 Å². The molecule has 0 N–H and O–H groups in total. The Morgan fingerprint density at radius 3 is 2.08 bits per heavy atom. The molecule has 2 aromatic heterocycles. The lowest BCUT2D eigenvalue weighted by Crippen LogP contribution is -1.95. The smallest absolute Gasteiger partial charge is 0.0645 e. The molecule has 6 aromatic carbocycles. The van der Waals surface area contributed by atoms with Crippen LogP contribution >= 0.6 is 27.3 Å². The van der Waals surface area contributed by atoms with Crippen LogP contribution in [-0.2, 0) is 0 Å². The molecule has 0 saturated heterocycles. The first kappa shape index (κ1) is 18.2. The van der Waals surface area contributed by atoms with E-state index in [2.05, 4.69) is 70.5 Å². The van der Waals surface area contributed by atoms with E-state index in [-0.39, 0.29) is 29.9 Å². The number of fused-ring (bicyclic) bond motifs is 7. The first-order valence-corrected chi connectivity index (χ1v) is 14.3. The van der Waals surface area contributed by atoms with E-state index in [9.17, 15) is 0 Å². The van der Waals surface area contributed by atoms with Gasteiger partial charge in [0.05, 0.1) is 17.9 Å². The molecular formula is C36H22BrNS. The number of aromatic nitrogens is 1. The van der Waals surface area contributed by atoms with Crippen molar-refractivity contribution >= 4 is 69.2 Å². The fourth-order valence-electron chi connectivity index (χ4n) is 5.80. The second-order valence-corrected chi connectivity index (χ2v) is 11.4. The van der Waals surface area contributed by atoms with Crippen LogP contribution in [0.25, 0.3) is 69.9 Å². The molecule has 3 heteroatoms. The van der Waals surface area contributed by atoms with E-state index in [0.717, 1.165) is 68.7 Å². The zero-order chi connectivity index (χ0) is 30.3. The molecule has 0 unspecified atom stereocenters. The van der Waals surface area contributed by atoms with Crippen molar-refractivity contribution < 1.29 is 6.85 Å². The van der Waals surface area contributed by atoms with Crippen molar-refractivity contribution in [1.29, 1.82) is 0 Å². The number of hydrogen-bond donors (Lipinski definition) is 0. The molecule has 184 valence electrons. The monoisotopic (exact) mass is 584 g/mol. The number of hydrogen-bond acceptors (Lipinski definition) is 1. The lowest BCUT2D eigenvalue weighted by atomic mass is 9.88. The third kappa shape index (κ3) is 3.44. The molecule has 2 heterocycles. The van der Waals surface area contributed by atoms with E-state index >= 15 is 0 Å². The van der Waals surface area contributed by atoms with Gasteiger partial charge in [0.1, 0.15) is 0 Å². The molecule has 39 heavy (non-hydrogen) atoms. The Kier molecular flexibility index (Phi) is 4.17.